The van der Waals surface area contributed by atoms with Crippen LogP contribution in [0, 0.1) is 11.6 Å². The second-order valence-electron chi connectivity index (χ2n) is 4.79. The van der Waals surface area contributed by atoms with E-state index in [0.29, 0.717) is 28.7 Å². The summed E-state index contributed by atoms with van der Waals surface area (Å²) in [7, 11) is 0. The molecule has 0 fully saturated rings. The van der Waals surface area contributed by atoms with Gasteiger partial charge < -0.3 is 0 Å². The van der Waals surface area contributed by atoms with Gasteiger partial charge in [0.1, 0.15) is 11.6 Å². The number of carbonyl (C=O) groups excluding carboxylic acids is 1. The summed E-state index contributed by atoms with van der Waals surface area (Å²) in [6, 6.07) is 13.4. The number of rotatable bonds is 3. The monoisotopic (exact) mass is 295 g/mol. The van der Waals surface area contributed by atoms with Crippen LogP contribution in [0.3, 0.4) is 0 Å². The number of hydrogen-bond donors (Lipinski definition) is 0. The Morgan fingerprint density at radius 1 is 0.773 bits per heavy atom. The molecule has 22 heavy (non-hydrogen) atoms. The minimum absolute atomic E-state index is 0.324. The number of hydrogen-bond acceptors (Lipinski definition) is 2. The molecule has 2 nitrogen and oxygen atoms in total. The molecular formula is C18H11F2NO. The van der Waals surface area contributed by atoms with Crippen molar-refractivity contribution in [1.82, 2.24) is 4.98 Å². The summed E-state index contributed by atoms with van der Waals surface area (Å²) in [6.45, 7) is 0. The van der Waals surface area contributed by atoms with E-state index >= 15 is 0 Å². The molecule has 108 valence electrons. The van der Waals surface area contributed by atoms with Gasteiger partial charge >= 0.3 is 0 Å². The molecule has 1 heterocycles. The molecule has 0 aliphatic carbocycles. The van der Waals surface area contributed by atoms with Crippen molar-refractivity contribution in [3.63, 3.8) is 0 Å². The first-order valence-corrected chi connectivity index (χ1v) is 6.64. The van der Waals surface area contributed by atoms with Gasteiger partial charge in [0.05, 0.1) is 5.69 Å². The van der Waals surface area contributed by atoms with Crippen LogP contribution in [-0.2, 0) is 0 Å². The summed E-state index contributed by atoms with van der Waals surface area (Å²) < 4.78 is 25.9. The molecule has 0 aliphatic rings. The van der Waals surface area contributed by atoms with E-state index in [1.54, 1.807) is 36.5 Å². The van der Waals surface area contributed by atoms with E-state index in [9.17, 15) is 13.6 Å². The van der Waals surface area contributed by atoms with Gasteiger partial charge in [0.25, 0.3) is 0 Å². The fraction of sp³-hybridized carbons (Fsp3) is 0. The molecule has 0 saturated carbocycles. The second-order valence-corrected chi connectivity index (χ2v) is 4.79. The molecule has 0 bridgehead atoms. The Bertz CT molecular complexity index is 811. The van der Waals surface area contributed by atoms with Crippen LogP contribution < -0.4 is 0 Å². The number of aromatic nitrogens is 1. The number of carbonyl (C=O) groups is 1. The van der Waals surface area contributed by atoms with Crippen LogP contribution in [0.1, 0.15) is 10.4 Å². The lowest BCUT2D eigenvalue weighted by Gasteiger charge is -2.07. The first-order valence-electron chi connectivity index (χ1n) is 6.64. The van der Waals surface area contributed by atoms with E-state index in [2.05, 4.69) is 4.98 Å². The van der Waals surface area contributed by atoms with E-state index in [1.165, 1.54) is 24.3 Å². The van der Waals surface area contributed by atoms with Gasteiger partial charge in [-0.1, -0.05) is 12.1 Å². The predicted molar refractivity (Wildman–Crippen MR) is 80.4 cm³/mol. The van der Waals surface area contributed by atoms with Crippen molar-refractivity contribution in [2.75, 3.05) is 0 Å². The number of benzene rings is 2. The highest BCUT2D eigenvalue weighted by molar-refractivity contribution is 5.87. The topological polar surface area (TPSA) is 30.0 Å². The van der Waals surface area contributed by atoms with Gasteiger partial charge in [-0.05, 0) is 48.0 Å². The lowest BCUT2D eigenvalue weighted by Crippen LogP contribution is -1.93. The minimum atomic E-state index is -0.348. The van der Waals surface area contributed by atoms with Gasteiger partial charge in [-0.15, -0.1) is 0 Å². The van der Waals surface area contributed by atoms with Crippen molar-refractivity contribution in [3.05, 3.63) is 78.0 Å². The van der Waals surface area contributed by atoms with Gasteiger partial charge in [0.2, 0.25) is 0 Å². The summed E-state index contributed by atoms with van der Waals surface area (Å²) in [5.74, 6) is -0.672. The zero-order valence-electron chi connectivity index (χ0n) is 11.5. The molecular weight excluding hydrogens is 284 g/mol. The van der Waals surface area contributed by atoms with E-state index < -0.39 is 0 Å². The fourth-order valence-electron chi connectivity index (χ4n) is 2.22. The van der Waals surface area contributed by atoms with Crippen LogP contribution in [-0.4, -0.2) is 11.3 Å². The second kappa shape index (κ2) is 5.85. The van der Waals surface area contributed by atoms with Crippen molar-refractivity contribution in [2.24, 2.45) is 0 Å². The van der Waals surface area contributed by atoms with Crippen molar-refractivity contribution < 1.29 is 13.6 Å². The molecule has 0 unspecified atom stereocenters. The zero-order chi connectivity index (χ0) is 15.5. The van der Waals surface area contributed by atoms with Gasteiger partial charge in [-0.3, -0.25) is 9.78 Å². The van der Waals surface area contributed by atoms with Crippen LogP contribution in [0.2, 0.25) is 0 Å². The Labute approximate surface area is 126 Å². The standard InChI is InChI=1S/C18H11F2NO/c19-16-5-1-12(2-6-16)14-9-15(11-22)18(21-10-14)13-3-7-17(20)8-4-13/h1-11H. The van der Waals surface area contributed by atoms with Crippen molar-refractivity contribution in [1.29, 1.82) is 0 Å². The number of halogens is 2. The summed E-state index contributed by atoms with van der Waals surface area (Å²) in [4.78, 5) is 15.6. The van der Waals surface area contributed by atoms with E-state index in [4.69, 9.17) is 0 Å². The zero-order valence-corrected chi connectivity index (χ0v) is 11.5. The third kappa shape index (κ3) is 2.76. The highest BCUT2D eigenvalue weighted by atomic mass is 19.1. The maximum absolute atomic E-state index is 13.0. The average Bonchev–Trinajstić information content (AvgIpc) is 2.56. The largest absolute Gasteiger partial charge is 0.298 e. The molecule has 1 aromatic heterocycles. The van der Waals surface area contributed by atoms with E-state index in [-0.39, 0.29) is 11.6 Å². The van der Waals surface area contributed by atoms with Crippen LogP contribution >= 0.6 is 0 Å². The molecule has 0 N–H and O–H groups in total. The highest BCUT2D eigenvalue weighted by Gasteiger charge is 2.09. The smallest absolute Gasteiger partial charge is 0.152 e. The molecule has 0 amide bonds. The van der Waals surface area contributed by atoms with Crippen LogP contribution in [0.25, 0.3) is 22.4 Å². The first-order chi connectivity index (χ1) is 10.7. The lowest BCUT2D eigenvalue weighted by atomic mass is 10.0. The molecule has 0 spiro atoms. The maximum atomic E-state index is 13.0. The number of pyridine rings is 1. The fourth-order valence-corrected chi connectivity index (χ4v) is 2.22. The summed E-state index contributed by atoms with van der Waals surface area (Å²) in [5, 5.41) is 0. The molecule has 3 rings (SSSR count). The third-order valence-corrected chi connectivity index (χ3v) is 3.34. The van der Waals surface area contributed by atoms with Crippen molar-refractivity contribution in [3.8, 4) is 22.4 Å². The molecule has 0 atom stereocenters. The van der Waals surface area contributed by atoms with Crippen molar-refractivity contribution >= 4 is 6.29 Å². The molecule has 0 radical (unpaired) electrons. The van der Waals surface area contributed by atoms with Crippen LogP contribution in [0.15, 0.2) is 60.8 Å². The Kier molecular flexibility index (Phi) is 3.74. The molecule has 2 aromatic carbocycles. The summed E-state index contributed by atoms with van der Waals surface area (Å²) in [6.07, 6.45) is 2.32. The van der Waals surface area contributed by atoms with Gasteiger partial charge in [-0.25, -0.2) is 8.78 Å². The molecule has 0 saturated heterocycles. The summed E-state index contributed by atoms with van der Waals surface area (Å²) >= 11 is 0. The Hall–Kier alpha value is -2.88. The van der Waals surface area contributed by atoms with Crippen molar-refractivity contribution in [2.45, 2.75) is 0 Å². The normalized spacial score (nSPS) is 10.5. The Balaban J connectivity index is 2.05. The Morgan fingerprint density at radius 2 is 1.32 bits per heavy atom. The highest BCUT2D eigenvalue weighted by Crippen LogP contribution is 2.26. The van der Waals surface area contributed by atoms with Crippen LogP contribution in [0.5, 0.6) is 0 Å². The minimum Gasteiger partial charge on any atom is -0.298 e. The number of aldehydes is 1. The number of nitrogens with zero attached hydrogens (tertiary/aromatic N) is 1. The Morgan fingerprint density at radius 3 is 1.86 bits per heavy atom. The van der Waals surface area contributed by atoms with Gasteiger partial charge in [-0.2, -0.15) is 0 Å². The molecule has 4 heteroatoms. The molecule has 3 aromatic rings. The lowest BCUT2D eigenvalue weighted by molar-refractivity contribution is 0.112. The quantitative estimate of drug-likeness (QED) is 0.666. The van der Waals surface area contributed by atoms with Gasteiger partial charge in [0, 0.05) is 22.9 Å². The first kappa shape index (κ1) is 14.1. The summed E-state index contributed by atoms with van der Waals surface area (Å²) in [5.41, 5.74) is 3.03. The SMILES string of the molecule is O=Cc1cc(-c2ccc(F)cc2)cnc1-c1ccc(F)cc1. The average molecular weight is 295 g/mol. The maximum Gasteiger partial charge on any atom is 0.152 e. The van der Waals surface area contributed by atoms with Crippen LogP contribution in [0.4, 0.5) is 8.78 Å². The van der Waals surface area contributed by atoms with E-state index in [1.807, 2.05) is 0 Å². The van der Waals surface area contributed by atoms with E-state index in [0.717, 1.165) is 5.56 Å². The predicted octanol–water partition coefficient (Wildman–Crippen LogP) is 4.51. The molecule has 0 aliphatic heterocycles. The van der Waals surface area contributed by atoms with Gasteiger partial charge in [0.15, 0.2) is 6.29 Å². The third-order valence-electron chi connectivity index (χ3n) is 3.34.